The van der Waals surface area contributed by atoms with Crippen molar-refractivity contribution in [3.63, 3.8) is 0 Å². The summed E-state index contributed by atoms with van der Waals surface area (Å²) in [6, 6.07) is 9.50. The Morgan fingerprint density at radius 2 is 2.05 bits per heavy atom. The third-order valence-electron chi connectivity index (χ3n) is 2.72. The fourth-order valence-corrected chi connectivity index (χ4v) is 2.08. The number of hydrogen-bond donors (Lipinski definition) is 2. The second-order valence-electron chi connectivity index (χ2n) is 4.13. The maximum absolute atomic E-state index is 13.4. The molecule has 0 heterocycles. The lowest BCUT2D eigenvalue weighted by atomic mass is 10.1. The molecule has 0 spiro atoms. The average Bonchev–Trinajstić information content (AvgIpc) is 2.37. The molecule has 3 nitrogen and oxygen atoms in total. The Kier molecular flexibility index (Phi) is 3.85. The van der Waals surface area contributed by atoms with Crippen molar-refractivity contribution < 1.29 is 9.18 Å². The van der Waals surface area contributed by atoms with Gasteiger partial charge < -0.3 is 11.1 Å². The lowest BCUT2D eigenvalue weighted by Crippen LogP contribution is -2.13. The Bertz CT molecular complexity index is 643. The summed E-state index contributed by atoms with van der Waals surface area (Å²) in [6.07, 6.45) is 0. The van der Waals surface area contributed by atoms with Gasteiger partial charge in [-0.15, -0.1) is 0 Å². The number of rotatable bonds is 2. The van der Waals surface area contributed by atoms with Crippen LogP contribution >= 0.6 is 15.9 Å². The molecule has 0 unspecified atom stereocenters. The summed E-state index contributed by atoms with van der Waals surface area (Å²) in [4.78, 5) is 12.0. The number of anilines is 2. The normalized spacial score (nSPS) is 10.3. The average molecular weight is 323 g/mol. The topological polar surface area (TPSA) is 55.1 Å². The minimum absolute atomic E-state index is 0.152. The Labute approximate surface area is 118 Å². The molecule has 19 heavy (non-hydrogen) atoms. The monoisotopic (exact) mass is 322 g/mol. The van der Waals surface area contributed by atoms with Gasteiger partial charge in [0.25, 0.3) is 5.91 Å². The van der Waals surface area contributed by atoms with E-state index in [-0.39, 0.29) is 15.9 Å². The highest BCUT2D eigenvalue weighted by molar-refractivity contribution is 9.10. The van der Waals surface area contributed by atoms with Gasteiger partial charge in [0.05, 0.1) is 10.0 Å². The van der Waals surface area contributed by atoms with Crippen molar-refractivity contribution in [1.29, 1.82) is 0 Å². The highest BCUT2D eigenvalue weighted by Gasteiger charge is 2.13. The van der Waals surface area contributed by atoms with Gasteiger partial charge >= 0.3 is 0 Å². The quantitative estimate of drug-likeness (QED) is 0.828. The third-order valence-corrected chi connectivity index (χ3v) is 3.53. The van der Waals surface area contributed by atoms with E-state index in [1.54, 1.807) is 24.3 Å². The molecule has 0 aromatic heterocycles. The number of nitrogen functional groups attached to an aromatic ring is 1. The number of hydrogen-bond acceptors (Lipinski definition) is 2. The van der Waals surface area contributed by atoms with E-state index in [9.17, 15) is 9.18 Å². The van der Waals surface area contributed by atoms with E-state index in [0.29, 0.717) is 11.4 Å². The van der Waals surface area contributed by atoms with Crippen LogP contribution in [-0.4, -0.2) is 5.91 Å². The zero-order valence-corrected chi connectivity index (χ0v) is 11.8. The Morgan fingerprint density at radius 3 is 2.74 bits per heavy atom. The molecule has 0 fully saturated rings. The molecular formula is C14H12BrFN2O. The Hall–Kier alpha value is -1.88. The molecule has 0 saturated heterocycles. The summed E-state index contributed by atoms with van der Waals surface area (Å²) in [5, 5.41) is 2.70. The molecular weight excluding hydrogens is 311 g/mol. The minimum atomic E-state index is -0.471. The standard InChI is InChI=1S/C14H12BrFN2O/c1-8-7-9(5-6-12(8)17)18-14(19)10-3-2-4-11(16)13(10)15/h2-7H,17H2,1H3,(H,18,19). The third kappa shape index (κ3) is 2.93. The van der Waals surface area contributed by atoms with Crippen LogP contribution in [0, 0.1) is 12.7 Å². The van der Waals surface area contributed by atoms with E-state index in [1.807, 2.05) is 6.92 Å². The van der Waals surface area contributed by atoms with Gasteiger partial charge in [0.1, 0.15) is 5.82 Å². The molecule has 0 aliphatic heterocycles. The number of aryl methyl sites for hydroxylation is 1. The molecule has 1 amide bonds. The van der Waals surface area contributed by atoms with E-state index in [4.69, 9.17) is 5.73 Å². The summed E-state index contributed by atoms with van der Waals surface area (Å²) in [5.41, 5.74) is 8.10. The largest absolute Gasteiger partial charge is 0.399 e. The predicted octanol–water partition coefficient (Wildman–Crippen LogP) is 3.73. The van der Waals surface area contributed by atoms with Gasteiger partial charge in [-0.3, -0.25) is 4.79 Å². The maximum Gasteiger partial charge on any atom is 0.256 e. The van der Waals surface area contributed by atoms with E-state index >= 15 is 0 Å². The molecule has 2 rings (SSSR count). The van der Waals surface area contributed by atoms with Crippen LogP contribution in [0.2, 0.25) is 0 Å². The molecule has 0 aliphatic rings. The molecule has 0 bridgehead atoms. The van der Waals surface area contributed by atoms with Crippen LogP contribution in [-0.2, 0) is 0 Å². The van der Waals surface area contributed by atoms with Gasteiger partial charge in [0, 0.05) is 11.4 Å². The van der Waals surface area contributed by atoms with Gasteiger partial charge in [-0.2, -0.15) is 0 Å². The predicted molar refractivity (Wildman–Crippen MR) is 77.6 cm³/mol. The number of nitrogens with two attached hydrogens (primary N) is 1. The molecule has 0 saturated carbocycles. The summed E-state index contributed by atoms with van der Waals surface area (Å²) < 4.78 is 13.5. The first-order valence-electron chi connectivity index (χ1n) is 5.60. The summed E-state index contributed by atoms with van der Waals surface area (Å²) in [7, 11) is 0. The van der Waals surface area contributed by atoms with Crippen LogP contribution < -0.4 is 11.1 Å². The molecule has 0 radical (unpaired) electrons. The van der Waals surface area contributed by atoms with Crippen LogP contribution in [0.5, 0.6) is 0 Å². The lowest BCUT2D eigenvalue weighted by molar-refractivity contribution is 0.102. The highest BCUT2D eigenvalue weighted by Crippen LogP contribution is 2.22. The van der Waals surface area contributed by atoms with Crippen molar-refractivity contribution in [2.45, 2.75) is 6.92 Å². The van der Waals surface area contributed by atoms with Crippen LogP contribution in [0.3, 0.4) is 0 Å². The number of carbonyl (C=O) groups excluding carboxylic acids is 1. The van der Waals surface area contributed by atoms with Gasteiger partial charge in [-0.1, -0.05) is 6.07 Å². The fraction of sp³-hybridized carbons (Fsp3) is 0.0714. The van der Waals surface area contributed by atoms with Gasteiger partial charge in [-0.25, -0.2) is 4.39 Å². The van der Waals surface area contributed by atoms with Crippen LogP contribution in [0.4, 0.5) is 15.8 Å². The number of nitrogens with one attached hydrogen (secondary N) is 1. The van der Waals surface area contributed by atoms with E-state index in [1.165, 1.54) is 12.1 Å². The van der Waals surface area contributed by atoms with E-state index in [0.717, 1.165) is 5.56 Å². The van der Waals surface area contributed by atoms with Crippen molar-refractivity contribution in [3.8, 4) is 0 Å². The Morgan fingerprint density at radius 1 is 1.32 bits per heavy atom. The summed E-state index contributed by atoms with van der Waals surface area (Å²) in [6.45, 7) is 1.85. The molecule has 2 aromatic rings. The van der Waals surface area contributed by atoms with E-state index < -0.39 is 5.82 Å². The fourth-order valence-electron chi connectivity index (χ4n) is 1.63. The van der Waals surface area contributed by atoms with Gasteiger partial charge in [-0.05, 0) is 58.7 Å². The first-order chi connectivity index (χ1) is 8.99. The van der Waals surface area contributed by atoms with Crippen LogP contribution in [0.1, 0.15) is 15.9 Å². The maximum atomic E-state index is 13.4. The molecule has 98 valence electrons. The first kappa shape index (κ1) is 13.5. The van der Waals surface area contributed by atoms with Crippen molar-refractivity contribution in [3.05, 3.63) is 57.8 Å². The van der Waals surface area contributed by atoms with E-state index in [2.05, 4.69) is 21.2 Å². The minimum Gasteiger partial charge on any atom is -0.399 e. The van der Waals surface area contributed by atoms with Gasteiger partial charge in [0.15, 0.2) is 0 Å². The van der Waals surface area contributed by atoms with Crippen molar-refractivity contribution in [2.24, 2.45) is 0 Å². The second kappa shape index (κ2) is 5.40. The summed E-state index contributed by atoms with van der Waals surface area (Å²) >= 11 is 3.06. The number of amides is 1. The number of carbonyl (C=O) groups is 1. The smallest absolute Gasteiger partial charge is 0.256 e. The zero-order valence-electron chi connectivity index (χ0n) is 10.2. The van der Waals surface area contributed by atoms with Crippen molar-refractivity contribution in [2.75, 3.05) is 11.1 Å². The number of halogens is 2. The number of benzene rings is 2. The van der Waals surface area contributed by atoms with Crippen LogP contribution in [0.25, 0.3) is 0 Å². The first-order valence-corrected chi connectivity index (χ1v) is 6.40. The molecule has 0 atom stereocenters. The SMILES string of the molecule is Cc1cc(NC(=O)c2cccc(F)c2Br)ccc1N. The Balaban J connectivity index is 2.26. The zero-order chi connectivity index (χ0) is 14.0. The summed E-state index contributed by atoms with van der Waals surface area (Å²) in [5.74, 6) is -0.850. The highest BCUT2D eigenvalue weighted by atomic mass is 79.9. The lowest BCUT2D eigenvalue weighted by Gasteiger charge is -2.09. The van der Waals surface area contributed by atoms with Crippen LogP contribution in [0.15, 0.2) is 40.9 Å². The molecule has 5 heteroatoms. The molecule has 0 aliphatic carbocycles. The van der Waals surface area contributed by atoms with Crippen molar-refractivity contribution >= 4 is 33.2 Å². The molecule has 3 N–H and O–H groups in total. The van der Waals surface area contributed by atoms with Crippen molar-refractivity contribution in [1.82, 2.24) is 0 Å². The van der Waals surface area contributed by atoms with Gasteiger partial charge in [0.2, 0.25) is 0 Å². The molecule has 2 aromatic carbocycles. The second-order valence-corrected chi connectivity index (χ2v) is 4.92.